The third-order valence-electron chi connectivity index (χ3n) is 5.94. The van der Waals surface area contributed by atoms with Crippen molar-refractivity contribution in [3.8, 4) is 22.4 Å². The Balaban J connectivity index is 1.59. The van der Waals surface area contributed by atoms with Gasteiger partial charge in [-0.05, 0) is 35.2 Å². The highest BCUT2D eigenvalue weighted by atomic mass is 16.1. The van der Waals surface area contributed by atoms with Gasteiger partial charge in [0.2, 0.25) is 5.91 Å². The van der Waals surface area contributed by atoms with Crippen molar-refractivity contribution < 1.29 is 4.79 Å². The first-order valence-electron chi connectivity index (χ1n) is 12.3. The lowest BCUT2D eigenvalue weighted by molar-refractivity contribution is -0.116. The van der Waals surface area contributed by atoms with Gasteiger partial charge in [-0.3, -0.25) is 14.8 Å². The van der Waals surface area contributed by atoms with Gasteiger partial charge in [-0.1, -0.05) is 68.4 Å². The second-order valence-corrected chi connectivity index (χ2v) is 9.27. The van der Waals surface area contributed by atoms with Crippen molar-refractivity contribution in [3.05, 3.63) is 97.1 Å². The van der Waals surface area contributed by atoms with E-state index in [2.05, 4.69) is 49.0 Å². The van der Waals surface area contributed by atoms with Crippen molar-refractivity contribution in [1.82, 2.24) is 20.2 Å². The van der Waals surface area contributed by atoms with Crippen molar-refractivity contribution in [3.63, 3.8) is 0 Å². The van der Waals surface area contributed by atoms with Crippen LogP contribution in [-0.4, -0.2) is 26.1 Å². The summed E-state index contributed by atoms with van der Waals surface area (Å²) in [6.07, 6.45) is 5.62. The molecule has 0 saturated heterocycles. The molecular weight excluding hydrogens is 460 g/mol. The number of nitrogens with one attached hydrogen (secondary N) is 2. The Morgan fingerprint density at radius 2 is 1.73 bits per heavy atom. The fourth-order valence-corrected chi connectivity index (χ4v) is 4.30. The van der Waals surface area contributed by atoms with Crippen molar-refractivity contribution in [2.45, 2.75) is 26.8 Å². The number of hydrogen-bond donors (Lipinski definition) is 2. The molecule has 3 aromatic heterocycles. The van der Waals surface area contributed by atoms with Crippen LogP contribution in [-0.2, 0) is 11.3 Å². The zero-order valence-corrected chi connectivity index (χ0v) is 20.8. The number of nitrogens with zero attached hydrogens (tertiary/aromatic N) is 4. The molecular formula is C30H28N6O. The van der Waals surface area contributed by atoms with E-state index in [9.17, 15) is 4.79 Å². The standard InChI is InChI=1S/C30H28N6O/c1-20(2)15-27(37)34-24-16-22(17-31-18-24)29-26-13-8-12-25(21-9-4-3-5-10-21)28(26)30(36-35-29)33-19-23-11-6-7-14-32-23/h3-14,16-18,20H,15,19H2,1-2H3,(H,33,36)(H,34,37). The van der Waals surface area contributed by atoms with Gasteiger partial charge in [-0.15, -0.1) is 10.2 Å². The summed E-state index contributed by atoms with van der Waals surface area (Å²) in [4.78, 5) is 21.1. The van der Waals surface area contributed by atoms with Gasteiger partial charge in [0, 0.05) is 35.2 Å². The third-order valence-corrected chi connectivity index (χ3v) is 5.94. The van der Waals surface area contributed by atoms with E-state index in [4.69, 9.17) is 0 Å². The number of rotatable bonds is 8. The van der Waals surface area contributed by atoms with E-state index in [1.807, 2.05) is 68.4 Å². The van der Waals surface area contributed by atoms with E-state index in [1.54, 1.807) is 18.6 Å². The first-order valence-corrected chi connectivity index (χ1v) is 12.3. The summed E-state index contributed by atoms with van der Waals surface area (Å²) in [5, 5.41) is 17.5. The SMILES string of the molecule is CC(C)CC(=O)Nc1cncc(-c2nnc(NCc3ccccn3)c3c(-c4ccccc4)cccc23)c1. The van der Waals surface area contributed by atoms with Gasteiger partial charge < -0.3 is 10.6 Å². The highest BCUT2D eigenvalue weighted by molar-refractivity contribution is 6.08. The summed E-state index contributed by atoms with van der Waals surface area (Å²) in [5.41, 5.74) is 5.15. The molecule has 0 fully saturated rings. The number of carbonyl (C=O) groups is 1. The average molecular weight is 489 g/mol. The fraction of sp³-hybridized carbons (Fsp3) is 0.167. The predicted octanol–water partition coefficient (Wildman–Crippen LogP) is 6.35. The van der Waals surface area contributed by atoms with E-state index >= 15 is 0 Å². The zero-order chi connectivity index (χ0) is 25.6. The van der Waals surface area contributed by atoms with Gasteiger partial charge in [-0.25, -0.2) is 0 Å². The predicted molar refractivity (Wildman–Crippen MR) is 148 cm³/mol. The first kappa shape index (κ1) is 24.1. The minimum atomic E-state index is -0.0367. The first-order chi connectivity index (χ1) is 18.1. The second kappa shape index (κ2) is 11.0. The number of anilines is 2. The highest BCUT2D eigenvalue weighted by Crippen LogP contribution is 2.37. The Morgan fingerprint density at radius 3 is 2.51 bits per heavy atom. The molecule has 0 saturated carbocycles. The topological polar surface area (TPSA) is 92.7 Å². The molecule has 7 heteroatoms. The van der Waals surface area contributed by atoms with Crippen LogP contribution in [0, 0.1) is 5.92 Å². The van der Waals surface area contributed by atoms with Crippen LogP contribution in [0.25, 0.3) is 33.2 Å². The smallest absolute Gasteiger partial charge is 0.224 e. The Bertz CT molecular complexity index is 1520. The number of benzene rings is 2. The van der Waals surface area contributed by atoms with Crippen LogP contribution in [0.5, 0.6) is 0 Å². The van der Waals surface area contributed by atoms with Crippen molar-refractivity contribution in [1.29, 1.82) is 0 Å². The van der Waals surface area contributed by atoms with Crippen LogP contribution in [0.3, 0.4) is 0 Å². The van der Waals surface area contributed by atoms with Gasteiger partial charge >= 0.3 is 0 Å². The molecule has 37 heavy (non-hydrogen) atoms. The van der Waals surface area contributed by atoms with E-state index in [0.29, 0.717) is 30.2 Å². The lowest BCUT2D eigenvalue weighted by Gasteiger charge is -2.15. The minimum Gasteiger partial charge on any atom is -0.362 e. The number of pyridine rings is 2. The summed E-state index contributed by atoms with van der Waals surface area (Å²) < 4.78 is 0. The van der Waals surface area contributed by atoms with Crippen LogP contribution >= 0.6 is 0 Å². The Kier molecular flexibility index (Phi) is 7.12. The van der Waals surface area contributed by atoms with Crippen LogP contribution < -0.4 is 10.6 Å². The van der Waals surface area contributed by atoms with Crippen LogP contribution in [0.15, 0.2) is 91.4 Å². The molecule has 184 valence electrons. The number of carbonyl (C=O) groups excluding carboxylic acids is 1. The molecule has 0 bridgehead atoms. The monoisotopic (exact) mass is 488 g/mol. The lowest BCUT2D eigenvalue weighted by Crippen LogP contribution is -2.14. The molecule has 0 spiro atoms. The molecule has 0 aliphatic carbocycles. The summed E-state index contributed by atoms with van der Waals surface area (Å²) in [5.74, 6) is 0.914. The number of hydrogen-bond acceptors (Lipinski definition) is 6. The van der Waals surface area contributed by atoms with Gasteiger partial charge in [-0.2, -0.15) is 0 Å². The average Bonchev–Trinajstić information content (AvgIpc) is 2.92. The molecule has 5 rings (SSSR count). The van der Waals surface area contributed by atoms with E-state index < -0.39 is 0 Å². The van der Waals surface area contributed by atoms with Gasteiger partial charge in [0.25, 0.3) is 0 Å². The molecule has 2 N–H and O–H groups in total. The molecule has 0 aliphatic rings. The minimum absolute atomic E-state index is 0.0367. The lowest BCUT2D eigenvalue weighted by atomic mass is 9.96. The van der Waals surface area contributed by atoms with Gasteiger partial charge in [0.1, 0.15) is 5.69 Å². The van der Waals surface area contributed by atoms with Gasteiger partial charge in [0.05, 0.1) is 24.1 Å². The highest BCUT2D eigenvalue weighted by Gasteiger charge is 2.16. The molecule has 2 aromatic carbocycles. The third kappa shape index (κ3) is 5.62. The maximum atomic E-state index is 12.3. The molecule has 1 amide bonds. The van der Waals surface area contributed by atoms with Crippen molar-refractivity contribution in [2.24, 2.45) is 5.92 Å². The van der Waals surface area contributed by atoms with Crippen molar-refractivity contribution >= 4 is 28.2 Å². The normalized spacial score (nSPS) is 11.0. The molecule has 0 radical (unpaired) electrons. The van der Waals surface area contributed by atoms with Gasteiger partial charge in [0.15, 0.2) is 5.82 Å². The van der Waals surface area contributed by atoms with Crippen molar-refractivity contribution in [2.75, 3.05) is 10.6 Å². The maximum absolute atomic E-state index is 12.3. The summed E-state index contributed by atoms with van der Waals surface area (Å²) >= 11 is 0. The number of fused-ring (bicyclic) bond motifs is 1. The zero-order valence-electron chi connectivity index (χ0n) is 20.8. The molecule has 0 atom stereocenters. The molecule has 0 aliphatic heterocycles. The number of aromatic nitrogens is 4. The Hall–Kier alpha value is -4.65. The quantitative estimate of drug-likeness (QED) is 0.264. The van der Waals surface area contributed by atoms with Crippen LogP contribution in [0.4, 0.5) is 11.5 Å². The molecule has 3 heterocycles. The van der Waals surface area contributed by atoms with E-state index in [1.165, 1.54) is 0 Å². The second-order valence-electron chi connectivity index (χ2n) is 9.27. The van der Waals surface area contributed by atoms with Crippen LogP contribution in [0.2, 0.25) is 0 Å². The summed E-state index contributed by atoms with van der Waals surface area (Å²) in [6.45, 7) is 4.56. The Labute approximate surface area is 216 Å². The van der Waals surface area contributed by atoms with Crippen LogP contribution in [0.1, 0.15) is 26.0 Å². The largest absolute Gasteiger partial charge is 0.362 e. The molecule has 5 aromatic rings. The summed E-state index contributed by atoms with van der Waals surface area (Å²) in [6, 6.07) is 24.1. The Morgan fingerprint density at radius 1 is 0.892 bits per heavy atom. The fourth-order valence-electron chi connectivity index (χ4n) is 4.30. The number of amides is 1. The van der Waals surface area contributed by atoms with E-state index in [-0.39, 0.29) is 11.8 Å². The van der Waals surface area contributed by atoms with E-state index in [0.717, 1.165) is 33.2 Å². The molecule has 7 nitrogen and oxygen atoms in total. The summed E-state index contributed by atoms with van der Waals surface area (Å²) in [7, 11) is 0. The maximum Gasteiger partial charge on any atom is 0.224 e. The molecule has 0 unspecified atom stereocenters.